The first-order chi connectivity index (χ1) is 8.58. The molecule has 1 heterocycles. The number of hydrogen-bond donors (Lipinski definition) is 1. The van der Waals surface area contributed by atoms with Crippen LogP contribution in [0.1, 0.15) is 31.2 Å². The van der Waals surface area contributed by atoms with Gasteiger partial charge < -0.3 is 14.4 Å². The summed E-state index contributed by atoms with van der Waals surface area (Å²) in [7, 11) is 1.92. The molecular weight excluding hydrogens is 226 g/mol. The lowest BCUT2D eigenvalue weighted by Crippen LogP contribution is -2.08. The van der Waals surface area contributed by atoms with Crippen LogP contribution in [-0.2, 0) is 7.05 Å². The van der Waals surface area contributed by atoms with Gasteiger partial charge >= 0.3 is 0 Å². The summed E-state index contributed by atoms with van der Waals surface area (Å²) in [6.45, 7) is 3.97. The molecule has 0 aliphatic rings. The summed E-state index contributed by atoms with van der Waals surface area (Å²) >= 11 is 0. The normalized spacial score (nSPS) is 12.7. The van der Waals surface area contributed by atoms with Crippen LogP contribution in [0.5, 0.6) is 5.75 Å². The van der Waals surface area contributed by atoms with E-state index in [4.69, 9.17) is 4.74 Å². The summed E-state index contributed by atoms with van der Waals surface area (Å²) in [6, 6.07) is 11.4. The number of ether oxygens (including phenoxy) is 1. The van der Waals surface area contributed by atoms with Gasteiger partial charge in [-0.2, -0.15) is 0 Å². The molecule has 0 unspecified atom stereocenters. The Kier molecular flexibility index (Phi) is 3.72. The molecule has 1 aromatic carbocycles. The van der Waals surface area contributed by atoms with E-state index in [-0.39, 0.29) is 6.10 Å². The number of aromatic nitrogens is 1. The minimum atomic E-state index is -0.624. The van der Waals surface area contributed by atoms with Gasteiger partial charge in [0.25, 0.3) is 0 Å². The topological polar surface area (TPSA) is 34.4 Å². The summed E-state index contributed by atoms with van der Waals surface area (Å²) in [6.07, 6.45) is 1.43. The Hall–Kier alpha value is -1.74. The van der Waals surface area contributed by atoms with Gasteiger partial charge in [-0.25, -0.2) is 0 Å². The Morgan fingerprint density at radius 3 is 2.56 bits per heavy atom. The lowest BCUT2D eigenvalue weighted by Gasteiger charge is -2.15. The minimum Gasteiger partial charge on any atom is -0.491 e. The predicted molar refractivity (Wildman–Crippen MR) is 71.7 cm³/mol. The highest BCUT2D eigenvalue weighted by Gasteiger charge is 2.13. The van der Waals surface area contributed by atoms with Crippen LogP contribution in [0.2, 0.25) is 0 Å². The summed E-state index contributed by atoms with van der Waals surface area (Å²) in [5.74, 6) is 0.788. The molecule has 1 atom stereocenters. The van der Waals surface area contributed by atoms with E-state index in [2.05, 4.69) is 0 Å². The Morgan fingerprint density at radius 1 is 1.17 bits per heavy atom. The molecule has 0 bridgehead atoms. The zero-order chi connectivity index (χ0) is 13.1. The second kappa shape index (κ2) is 5.27. The molecule has 2 aromatic rings. The van der Waals surface area contributed by atoms with Crippen LogP contribution < -0.4 is 4.74 Å². The number of nitrogens with zero attached hydrogens (tertiary/aromatic N) is 1. The van der Waals surface area contributed by atoms with E-state index in [1.165, 1.54) is 0 Å². The van der Waals surface area contributed by atoms with Crippen LogP contribution >= 0.6 is 0 Å². The molecule has 96 valence electrons. The monoisotopic (exact) mass is 245 g/mol. The number of hydrogen-bond acceptors (Lipinski definition) is 2. The van der Waals surface area contributed by atoms with Gasteiger partial charge in [-0.3, -0.25) is 0 Å². The number of rotatable bonds is 4. The van der Waals surface area contributed by atoms with E-state index < -0.39 is 6.10 Å². The van der Waals surface area contributed by atoms with Crippen molar-refractivity contribution in [2.45, 2.75) is 26.1 Å². The molecule has 3 nitrogen and oxygen atoms in total. The standard InChI is InChI=1S/C15H19NO2/c1-11(2)18-13-7-4-6-12(10-13)15(17)14-8-5-9-16(14)3/h4-11,15,17H,1-3H3/t15-/m1/s1. The van der Waals surface area contributed by atoms with Gasteiger partial charge in [-0.05, 0) is 43.7 Å². The highest BCUT2D eigenvalue weighted by molar-refractivity contribution is 5.33. The maximum atomic E-state index is 10.3. The van der Waals surface area contributed by atoms with E-state index in [0.717, 1.165) is 17.0 Å². The van der Waals surface area contributed by atoms with E-state index in [1.807, 2.05) is 68.1 Å². The smallest absolute Gasteiger partial charge is 0.120 e. The molecule has 0 saturated heterocycles. The maximum Gasteiger partial charge on any atom is 0.120 e. The Morgan fingerprint density at radius 2 is 1.94 bits per heavy atom. The average molecular weight is 245 g/mol. The molecule has 0 aliphatic carbocycles. The van der Waals surface area contributed by atoms with Gasteiger partial charge in [0.1, 0.15) is 11.9 Å². The molecule has 1 N–H and O–H groups in total. The molecule has 2 rings (SSSR count). The first-order valence-corrected chi connectivity index (χ1v) is 6.14. The van der Waals surface area contributed by atoms with Crippen LogP contribution in [0, 0.1) is 0 Å². The van der Waals surface area contributed by atoms with E-state index in [0.29, 0.717) is 0 Å². The van der Waals surface area contributed by atoms with Crippen molar-refractivity contribution in [3.8, 4) is 5.75 Å². The third kappa shape index (κ3) is 2.74. The fourth-order valence-electron chi connectivity index (χ4n) is 1.96. The lowest BCUT2D eigenvalue weighted by molar-refractivity contribution is 0.208. The molecular formula is C15H19NO2. The van der Waals surface area contributed by atoms with Crippen LogP contribution in [0.4, 0.5) is 0 Å². The van der Waals surface area contributed by atoms with Crippen molar-refractivity contribution in [1.82, 2.24) is 4.57 Å². The minimum absolute atomic E-state index is 0.132. The Balaban J connectivity index is 2.25. The quantitative estimate of drug-likeness (QED) is 0.898. The van der Waals surface area contributed by atoms with E-state index >= 15 is 0 Å². The number of aliphatic hydroxyl groups excluding tert-OH is 1. The van der Waals surface area contributed by atoms with Crippen LogP contribution in [-0.4, -0.2) is 15.8 Å². The van der Waals surface area contributed by atoms with Gasteiger partial charge in [0.2, 0.25) is 0 Å². The highest BCUT2D eigenvalue weighted by atomic mass is 16.5. The van der Waals surface area contributed by atoms with E-state index in [1.54, 1.807) is 0 Å². The summed E-state index contributed by atoms with van der Waals surface area (Å²) in [5.41, 5.74) is 1.71. The van der Waals surface area contributed by atoms with Crippen molar-refractivity contribution >= 4 is 0 Å². The van der Waals surface area contributed by atoms with Crippen molar-refractivity contribution in [2.75, 3.05) is 0 Å². The molecule has 18 heavy (non-hydrogen) atoms. The first-order valence-electron chi connectivity index (χ1n) is 6.14. The lowest BCUT2D eigenvalue weighted by atomic mass is 10.1. The third-order valence-corrected chi connectivity index (χ3v) is 2.81. The number of aliphatic hydroxyl groups is 1. The second-order valence-electron chi connectivity index (χ2n) is 4.69. The van der Waals surface area contributed by atoms with Crippen molar-refractivity contribution in [1.29, 1.82) is 0 Å². The van der Waals surface area contributed by atoms with Crippen molar-refractivity contribution in [3.05, 3.63) is 53.9 Å². The molecule has 0 fully saturated rings. The third-order valence-electron chi connectivity index (χ3n) is 2.81. The molecule has 3 heteroatoms. The highest BCUT2D eigenvalue weighted by Crippen LogP contribution is 2.25. The zero-order valence-corrected chi connectivity index (χ0v) is 11.0. The SMILES string of the molecule is CC(C)Oc1cccc([C@@H](O)c2cccn2C)c1. The van der Waals surface area contributed by atoms with Gasteiger partial charge in [0.05, 0.1) is 11.8 Å². The molecule has 0 amide bonds. The maximum absolute atomic E-state index is 10.3. The Bertz CT molecular complexity index is 517. The molecule has 0 saturated carbocycles. The van der Waals surface area contributed by atoms with Crippen LogP contribution in [0.25, 0.3) is 0 Å². The average Bonchev–Trinajstić information content (AvgIpc) is 2.74. The largest absolute Gasteiger partial charge is 0.491 e. The van der Waals surface area contributed by atoms with Gasteiger partial charge in [0, 0.05) is 13.2 Å². The molecule has 0 radical (unpaired) electrons. The number of benzene rings is 1. The summed E-state index contributed by atoms with van der Waals surface area (Å²) in [4.78, 5) is 0. The van der Waals surface area contributed by atoms with Crippen molar-refractivity contribution in [3.63, 3.8) is 0 Å². The molecule has 0 spiro atoms. The molecule has 1 aromatic heterocycles. The van der Waals surface area contributed by atoms with Gasteiger partial charge in [-0.15, -0.1) is 0 Å². The van der Waals surface area contributed by atoms with Crippen LogP contribution in [0.3, 0.4) is 0 Å². The first kappa shape index (κ1) is 12.7. The zero-order valence-electron chi connectivity index (χ0n) is 11.0. The van der Waals surface area contributed by atoms with Crippen molar-refractivity contribution in [2.24, 2.45) is 7.05 Å². The van der Waals surface area contributed by atoms with Gasteiger partial charge in [0.15, 0.2) is 0 Å². The molecule has 0 aliphatic heterocycles. The van der Waals surface area contributed by atoms with Crippen molar-refractivity contribution < 1.29 is 9.84 Å². The summed E-state index contributed by atoms with van der Waals surface area (Å²) in [5, 5.41) is 10.3. The van der Waals surface area contributed by atoms with E-state index in [9.17, 15) is 5.11 Å². The van der Waals surface area contributed by atoms with Gasteiger partial charge in [-0.1, -0.05) is 12.1 Å². The Labute approximate surface area is 108 Å². The fourth-order valence-corrected chi connectivity index (χ4v) is 1.96. The predicted octanol–water partition coefficient (Wildman–Crippen LogP) is 2.89. The number of aryl methyl sites for hydroxylation is 1. The fraction of sp³-hybridized carbons (Fsp3) is 0.333. The van der Waals surface area contributed by atoms with Crippen LogP contribution in [0.15, 0.2) is 42.6 Å². The second-order valence-corrected chi connectivity index (χ2v) is 4.69. The summed E-state index contributed by atoms with van der Waals surface area (Å²) < 4.78 is 7.55.